The van der Waals surface area contributed by atoms with Gasteiger partial charge in [-0.05, 0) is 80.0 Å². The van der Waals surface area contributed by atoms with Crippen LogP contribution in [0.15, 0.2) is 24.3 Å². The zero-order valence-electron chi connectivity index (χ0n) is 15.9. The van der Waals surface area contributed by atoms with Gasteiger partial charge in [0.1, 0.15) is 5.82 Å². The van der Waals surface area contributed by atoms with Crippen LogP contribution in [0.5, 0.6) is 0 Å². The number of halogens is 1. The number of amides is 1. The Morgan fingerprint density at radius 2 is 1.67 bits per heavy atom. The molecular weight excluding hydrogens is 343 g/mol. The second-order valence-electron chi connectivity index (χ2n) is 9.71. The summed E-state index contributed by atoms with van der Waals surface area (Å²) in [6.07, 6.45) is 6.87. The van der Waals surface area contributed by atoms with Gasteiger partial charge in [-0.3, -0.25) is 4.79 Å². The number of aliphatic hydroxyl groups is 1. The van der Waals surface area contributed by atoms with E-state index in [9.17, 15) is 14.3 Å². The molecule has 1 aromatic rings. The SMILES string of the molecule is O=C(CC12CC3CC(CC(O)(C3)C1)C2)N1CCN(c2ccc(F)cc2)CC1. The van der Waals surface area contributed by atoms with Crippen molar-refractivity contribution in [1.29, 1.82) is 0 Å². The topological polar surface area (TPSA) is 43.8 Å². The van der Waals surface area contributed by atoms with Crippen molar-refractivity contribution in [2.24, 2.45) is 17.3 Å². The van der Waals surface area contributed by atoms with Crippen molar-refractivity contribution >= 4 is 11.6 Å². The van der Waals surface area contributed by atoms with E-state index in [0.717, 1.165) is 64.0 Å². The Hall–Kier alpha value is -1.62. The third-order valence-electron chi connectivity index (χ3n) is 7.50. The third kappa shape index (κ3) is 3.24. The third-order valence-corrected chi connectivity index (χ3v) is 7.50. The number of rotatable bonds is 3. The van der Waals surface area contributed by atoms with Crippen LogP contribution in [0.25, 0.3) is 0 Å². The Morgan fingerprint density at radius 3 is 2.26 bits per heavy atom. The van der Waals surface area contributed by atoms with Gasteiger partial charge in [0.25, 0.3) is 0 Å². The molecule has 5 heteroatoms. The van der Waals surface area contributed by atoms with Gasteiger partial charge in [-0.25, -0.2) is 4.39 Å². The fourth-order valence-electron chi connectivity index (χ4n) is 6.91. The molecule has 2 atom stereocenters. The van der Waals surface area contributed by atoms with E-state index in [2.05, 4.69) is 4.90 Å². The van der Waals surface area contributed by atoms with Crippen LogP contribution in [-0.4, -0.2) is 47.7 Å². The molecule has 1 heterocycles. The largest absolute Gasteiger partial charge is 0.390 e. The number of carbonyl (C=O) groups excluding carboxylic acids is 1. The zero-order chi connectivity index (χ0) is 18.6. The lowest BCUT2D eigenvalue weighted by atomic mass is 9.47. The molecule has 0 radical (unpaired) electrons. The molecule has 0 aromatic heterocycles. The molecule has 0 spiro atoms. The summed E-state index contributed by atoms with van der Waals surface area (Å²) >= 11 is 0. The number of piperazine rings is 1. The van der Waals surface area contributed by atoms with E-state index in [4.69, 9.17) is 0 Å². The maximum Gasteiger partial charge on any atom is 0.223 e. The van der Waals surface area contributed by atoms with Crippen molar-refractivity contribution < 1.29 is 14.3 Å². The first kappa shape index (κ1) is 17.5. The lowest BCUT2D eigenvalue weighted by molar-refractivity contribution is -0.172. The highest BCUT2D eigenvalue weighted by molar-refractivity contribution is 5.77. The highest BCUT2D eigenvalue weighted by Crippen LogP contribution is 2.62. The summed E-state index contributed by atoms with van der Waals surface area (Å²) in [5.41, 5.74) is 0.571. The average Bonchev–Trinajstić information content (AvgIpc) is 2.60. The molecule has 6 rings (SSSR count). The summed E-state index contributed by atoms with van der Waals surface area (Å²) in [5.74, 6) is 1.29. The first-order valence-electron chi connectivity index (χ1n) is 10.4. The van der Waals surface area contributed by atoms with Crippen LogP contribution < -0.4 is 4.90 Å². The van der Waals surface area contributed by atoms with Crippen LogP contribution in [0.3, 0.4) is 0 Å². The van der Waals surface area contributed by atoms with Crippen LogP contribution in [0, 0.1) is 23.1 Å². The van der Waals surface area contributed by atoms with Crippen LogP contribution in [0.4, 0.5) is 10.1 Å². The summed E-state index contributed by atoms with van der Waals surface area (Å²) < 4.78 is 13.1. The van der Waals surface area contributed by atoms with Crippen LogP contribution in [0.2, 0.25) is 0 Å². The highest BCUT2D eigenvalue weighted by atomic mass is 19.1. The molecule has 5 fully saturated rings. The van der Waals surface area contributed by atoms with Gasteiger partial charge in [-0.1, -0.05) is 0 Å². The van der Waals surface area contributed by atoms with Crippen molar-refractivity contribution in [1.82, 2.24) is 4.90 Å². The Kier molecular flexibility index (Phi) is 4.01. The predicted octanol–water partition coefficient (Wildman–Crippen LogP) is 3.20. The Labute approximate surface area is 160 Å². The lowest BCUT2D eigenvalue weighted by Gasteiger charge is -2.60. The first-order valence-corrected chi connectivity index (χ1v) is 10.4. The minimum Gasteiger partial charge on any atom is -0.390 e. The minimum atomic E-state index is -0.494. The van der Waals surface area contributed by atoms with Crippen molar-refractivity contribution in [3.05, 3.63) is 30.1 Å². The smallest absolute Gasteiger partial charge is 0.223 e. The Balaban J connectivity index is 1.21. The van der Waals surface area contributed by atoms with E-state index >= 15 is 0 Å². The summed E-state index contributed by atoms with van der Waals surface area (Å²) in [5, 5.41) is 10.9. The maximum absolute atomic E-state index is 13.1. The van der Waals surface area contributed by atoms with Gasteiger partial charge >= 0.3 is 0 Å². The highest BCUT2D eigenvalue weighted by Gasteiger charge is 2.57. The summed E-state index contributed by atoms with van der Waals surface area (Å²) in [7, 11) is 0. The quantitative estimate of drug-likeness (QED) is 0.886. The molecule has 4 nitrogen and oxygen atoms in total. The van der Waals surface area contributed by atoms with Gasteiger partial charge in [0.15, 0.2) is 0 Å². The fraction of sp³-hybridized carbons (Fsp3) is 0.682. The predicted molar refractivity (Wildman–Crippen MR) is 102 cm³/mol. The number of carbonyl (C=O) groups is 1. The molecule has 4 bridgehead atoms. The Bertz CT molecular complexity index is 712. The minimum absolute atomic E-state index is 0.0456. The molecule has 1 aliphatic heterocycles. The van der Waals surface area contributed by atoms with Gasteiger partial charge in [0, 0.05) is 38.3 Å². The van der Waals surface area contributed by atoms with E-state index in [-0.39, 0.29) is 17.1 Å². The van der Waals surface area contributed by atoms with Crippen LogP contribution in [-0.2, 0) is 4.79 Å². The molecular formula is C22H29FN2O2. The molecule has 146 valence electrons. The molecule has 1 amide bonds. The van der Waals surface area contributed by atoms with E-state index in [1.165, 1.54) is 18.6 Å². The van der Waals surface area contributed by atoms with Crippen molar-refractivity contribution in [2.45, 2.75) is 50.5 Å². The molecule has 5 aliphatic rings. The lowest BCUT2D eigenvalue weighted by Crippen LogP contribution is -2.57. The Morgan fingerprint density at radius 1 is 1.04 bits per heavy atom. The number of nitrogens with zero attached hydrogens (tertiary/aromatic N) is 2. The van der Waals surface area contributed by atoms with Crippen molar-refractivity contribution in [3.63, 3.8) is 0 Å². The summed E-state index contributed by atoms with van der Waals surface area (Å²) in [6, 6.07) is 6.60. The van der Waals surface area contributed by atoms with Gasteiger partial charge in [0.2, 0.25) is 5.91 Å². The van der Waals surface area contributed by atoms with Gasteiger partial charge < -0.3 is 14.9 Å². The van der Waals surface area contributed by atoms with Crippen LogP contribution in [0.1, 0.15) is 44.9 Å². The zero-order valence-corrected chi connectivity index (χ0v) is 15.9. The molecule has 4 aliphatic carbocycles. The first-order chi connectivity index (χ1) is 12.9. The summed E-state index contributed by atoms with van der Waals surface area (Å²) in [4.78, 5) is 17.3. The average molecular weight is 372 g/mol. The van der Waals surface area contributed by atoms with Crippen LogP contribution >= 0.6 is 0 Å². The molecule has 1 N–H and O–H groups in total. The van der Waals surface area contributed by atoms with Gasteiger partial charge in [-0.15, -0.1) is 0 Å². The molecule has 1 saturated heterocycles. The number of hydrogen-bond acceptors (Lipinski definition) is 3. The van der Waals surface area contributed by atoms with Gasteiger partial charge in [-0.2, -0.15) is 0 Å². The van der Waals surface area contributed by atoms with E-state index in [1.54, 1.807) is 0 Å². The number of hydrogen-bond donors (Lipinski definition) is 1. The van der Waals surface area contributed by atoms with Crippen molar-refractivity contribution in [2.75, 3.05) is 31.1 Å². The van der Waals surface area contributed by atoms with Gasteiger partial charge in [0.05, 0.1) is 5.60 Å². The standard InChI is InChI=1S/C22H29FN2O2/c23-18-1-3-19(4-2-18)24-5-7-25(8-6-24)20(26)14-21-10-16-9-17(11-21)13-22(27,12-16)15-21/h1-4,16-17,27H,5-15H2. The fourth-order valence-corrected chi connectivity index (χ4v) is 6.91. The van der Waals surface area contributed by atoms with E-state index in [1.807, 2.05) is 17.0 Å². The summed E-state index contributed by atoms with van der Waals surface area (Å²) in [6.45, 7) is 3.03. The molecule has 27 heavy (non-hydrogen) atoms. The second-order valence-corrected chi connectivity index (χ2v) is 9.71. The molecule has 4 saturated carbocycles. The monoisotopic (exact) mass is 372 g/mol. The van der Waals surface area contributed by atoms with Crippen molar-refractivity contribution in [3.8, 4) is 0 Å². The van der Waals surface area contributed by atoms with E-state index in [0.29, 0.717) is 18.3 Å². The maximum atomic E-state index is 13.1. The number of anilines is 1. The second kappa shape index (κ2) is 6.20. The van der Waals surface area contributed by atoms with E-state index < -0.39 is 5.60 Å². The normalized spacial score (nSPS) is 37.7. The molecule has 2 unspecified atom stereocenters. The number of benzene rings is 1. The molecule has 1 aromatic carbocycles.